The molecule has 17 heavy (non-hydrogen) atoms. The molecule has 2 heteroatoms. The first-order valence-corrected chi connectivity index (χ1v) is 6.85. The number of pyridine rings is 1. The molecule has 0 saturated heterocycles. The van der Waals surface area contributed by atoms with E-state index in [2.05, 4.69) is 31.0 Å². The maximum atomic E-state index is 6.58. The van der Waals surface area contributed by atoms with Crippen LogP contribution in [0.2, 0.25) is 0 Å². The summed E-state index contributed by atoms with van der Waals surface area (Å²) in [5.41, 5.74) is 8.28. The van der Waals surface area contributed by atoms with E-state index in [-0.39, 0.29) is 6.04 Å². The van der Waals surface area contributed by atoms with Crippen molar-refractivity contribution in [3.63, 3.8) is 0 Å². The monoisotopic (exact) mass is 232 g/mol. The Labute approximate surface area is 105 Å². The van der Waals surface area contributed by atoms with Crippen LogP contribution in [-0.2, 0) is 0 Å². The Morgan fingerprint density at radius 2 is 1.88 bits per heavy atom. The fourth-order valence-corrected chi connectivity index (χ4v) is 3.41. The number of hydrogen-bond donors (Lipinski definition) is 1. The maximum Gasteiger partial charge on any atom is 0.0270 e. The summed E-state index contributed by atoms with van der Waals surface area (Å²) in [6.07, 6.45) is 10.3. The highest BCUT2D eigenvalue weighted by atomic mass is 14.7. The van der Waals surface area contributed by atoms with E-state index in [1.54, 1.807) is 0 Å². The van der Waals surface area contributed by atoms with Crippen molar-refractivity contribution in [3.8, 4) is 0 Å². The fraction of sp³-hybridized carbons (Fsp3) is 0.667. The van der Waals surface area contributed by atoms with E-state index >= 15 is 0 Å². The molecular formula is C15H24N2. The van der Waals surface area contributed by atoms with Crippen molar-refractivity contribution in [1.29, 1.82) is 0 Å². The molecule has 0 radical (unpaired) electrons. The molecule has 1 aliphatic rings. The summed E-state index contributed by atoms with van der Waals surface area (Å²) in [6.45, 7) is 4.56. The third kappa shape index (κ3) is 2.37. The summed E-state index contributed by atoms with van der Waals surface area (Å²) >= 11 is 0. The van der Waals surface area contributed by atoms with E-state index in [0.29, 0.717) is 11.3 Å². The van der Waals surface area contributed by atoms with Crippen molar-refractivity contribution < 1.29 is 0 Å². The minimum atomic E-state index is 0.275. The summed E-state index contributed by atoms with van der Waals surface area (Å²) in [5, 5.41) is 0. The fourth-order valence-electron chi connectivity index (χ4n) is 3.41. The molecule has 1 fully saturated rings. The van der Waals surface area contributed by atoms with E-state index < -0.39 is 0 Å². The lowest BCUT2D eigenvalue weighted by atomic mass is 9.70. The average molecular weight is 232 g/mol. The first-order chi connectivity index (χ1) is 8.19. The molecule has 0 aromatic carbocycles. The third-order valence-corrected chi connectivity index (χ3v) is 4.78. The molecule has 1 heterocycles. The van der Waals surface area contributed by atoms with Crippen molar-refractivity contribution in [2.45, 2.75) is 57.9 Å². The minimum absolute atomic E-state index is 0.275. The predicted octanol–water partition coefficient (Wildman–Crippen LogP) is 3.48. The topological polar surface area (TPSA) is 38.9 Å². The van der Waals surface area contributed by atoms with Crippen molar-refractivity contribution in [3.05, 3.63) is 30.1 Å². The van der Waals surface area contributed by atoms with Crippen LogP contribution in [-0.4, -0.2) is 11.0 Å². The molecule has 2 nitrogen and oxygen atoms in total. The molecular weight excluding hydrogens is 208 g/mol. The zero-order valence-electron chi connectivity index (χ0n) is 11.0. The van der Waals surface area contributed by atoms with E-state index in [9.17, 15) is 0 Å². The molecule has 1 aliphatic carbocycles. The second-order valence-corrected chi connectivity index (χ2v) is 5.52. The zero-order chi connectivity index (χ0) is 12.3. The van der Waals surface area contributed by atoms with Gasteiger partial charge in [0.15, 0.2) is 0 Å². The Morgan fingerprint density at radius 3 is 2.41 bits per heavy atom. The first-order valence-electron chi connectivity index (χ1n) is 6.85. The average Bonchev–Trinajstić information content (AvgIpc) is 2.88. The van der Waals surface area contributed by atoms with E-state index in [1.807, 2.05) is 12.4 Å². The Balaban J connectivity index is 2.16. The van der Waals surface area contributed by atoms with Gasteiger partial charge in [0.25, 0.3) is 0 Å². The summed E-state index contributed by atoms with van der Waals surface area (Å²) in [7, 11) is 0. The van der Waals surface area contributed by atoms with Gasteiger partial charge in [-0.15, -0.1) is 0 Å². The van der Waals surface area contributed by atoms with Crippen LogP contribution in [0.4, 0.5) is 0 Å². The highest BCUT2D eigenvalue weighted by Crippen LogP contribution is 2.46. The van der Waals surface area contributed by atoms with Crippen LogP contribution >= 0.6 is 0 Å². The second kappa shape index (κ2) is 5.18. The van der Waals surface area contributed by atoms with Gasteiger partial charge in [-0.1, -0.05) is 26.7 Å². The molecule has 2 unspecified atom stereocenters. The summed E-state index contributed by atoms with van der Waals surface area (Å²) in [5.74, 6) is 0.427. The van der Waals surface area contributed by atoms with Crippen molar-refractivity contribution in [2.24, 2.45) is 11.1 Å². The summed E-state index contributed by atoms with van der Waals surface area (Å²) < 4.78 is 0. The van der Waals surface area contributed by atoms with Crippen LogP contribution in [0, 0.1) is 5.41 Å². The largest absolute Gasteiger partial charge is 0.327 e. The molecule has 0 spiro atoms. The Kier molecular flexibility index (Phi) is 3.82. The first kappa shape index (κ1) is 12.6. The van der Waals surface area contributed by atoms with Crippen LogP contribution in [0.5, 0.6) is 0 Å². The molecule has 0 aliphatic heterocycles. The van der Waals surface area contributed by atoms with Gasteiger partial charge in [-0.2, -0.15) is 0 Å². The molecule has 94 valence electrons. The molecule has 1 aromatic heterocycles. The third-order valence-electron chi connectivity index (χ3n) is 4.78. The maximum absolute atomic E-state index is 6.58. The molecule has 2 rings (SSSR count). The smallest absolute Gasteiger partial charge is 0.0270 e. The lowest BCUT2D eigenvalue weighted by Gasteiger charge is -2.38. The standard InChI is InChI=1S/C15H24N2/c1-3-15(8-4-5-9-15)14(16)12(2)13-6-10-17-11-7-13/h6-7,10-12,14H,3-5,8-9,16H2,1-2H3. The van der Waals surface area contributed by atoms with Gasteiger partial charge in [0.05, 0.1) is 0 Å². The van der Waals surface area contributed by atoms with E-state index in [4.69, 9.17) is 5.73 Å². The minimum Gasteiger partial charge on any atom is -0.327 e. The van der Waals surface area contributed by atoms with Gasteiger partial charge in [-0.25, -0.2) is 0 Å². The van der Waals surface area contributed by atoms with Gasteiger partial charge in [-0.3, -0.25) is 4.98 Å². The number of nitrogens with zero attached hydrogens (tertiary/aromatic N) is 1. The number of hydrogen-bond acceptors (Lipinski definition) is 2. The van der Waals surface area contributed by atoms with E-state index in [0.717, 1.165) is 0 Å². The Hall–Kier alpha value is -0.890. The predicted molar refractivity (Wildman–Crippen MR) is 71.8 cm³/mol. The van der Waals surface area contributed by atoms with Crippen LogP contribution in [0.15, 0.2) is 24.5 Å². The van der Waals surface area contributed by atoms with Crippen LogP contribution < -0.4 is 5.73 Å². The molecule has 0 bridgehead atoms. The lowest BCUT2D eigenvalue weighted by molar-refractivity contribution is 0.199. The van der Waals surface area contributed by atoms with Crippen molar-refractivity contribution >= 4 is 0 Å². The van der Waals surface area contributed by atoms with E-state index in [1.165, 1.54) is 37.7 Å². The quantitative estimate of drug-likeness (QED) is 0.863. The molecule has 0 amide bonds. The molecule has 2 N–H and O–H groups in total. The van der Waals surface area contributed by atoms with Gasteiger partial charge < -0.3 is 5.73 Å². The van der Waals surface area contributed by atoms with Crippen molar-refractivity contribution in [1.82, 2.24) is 4.98 Å². The second-order valence-electron chi connectivity index (χ2n) is 5.52. The normalized spacial score (nSPS) is 22.3. The summed E-state index contributed by atoms with van der Waals surface area (Å²) in [6, 6.07) is 4.48. The number of rotatable bonds is 4. The van der Waals surface area contributed by atoms with Gasteiger partial charge in [0.2, 0.25) is 0 Å². The van der Waals surface area contributed by atoms with Gasteiger partial charge >= 0.3 is 0 Å². The SMILES string of the molecule is CCC1(C(N)C(C)c2ccncc2)CCCC1. The molecule has 1 aromatic rings. The van der Waals surface area contributed by atoms with Gasteiger partial charge in [-0.05, 0) is 48.3 Å². The Morgan fingerprint density at radius 1 is 1.29 bits per heavy atom. The number of nitrogens with two attached hydrogens (primary N) is 1. The highest BCUT2D eigenvalue weighted by Gasteiger charge is 2.40. The zero-order valence-corrected chi connectivity index (χ0v) is 11.0. The van der Waals surface area contributed by atoms with Crippen LogP contribution in [0.1, 0.15) is 57.4 Å². The van der Waals surface area contributed by atoms with Gasteiger partial charge in [0, 0.05) is 18.4 Å². The van der Waals surface area contributed by atoms with Crippen LogP contribution in [0.25, 0.3) is 0 Å². The lowest BCUT2D eigenvalue weighted by Crippen LogP contribution is -2.43. The van der Waals surface area contributed by atoms with Crippen LogP contribution in [0.3, 0.4) is 0 Å². The molecule has 1 saturated carbocycles. The van der Waals surface area contributed by atoms with Crippen molar-refractivity contribution in [2.75, 3.05) is 0 Å². The highest BCUT2D eigenvalue weighted by molar-refractivity contribution is 5.18. The van der Waals surface area contributed by atoms with Gasteiger partial charge in [0.1, 0.15) is 0 Å². The summed E-state index contributed by atoms with van der Waals surface area (Å²) in [4.78, 5) is 4.08. The molecule has 2 atom stereocenters. The number of aromatic nitrogens is 1. The Bertz CT molecular complexity index is 341.